The van der Waals surface area contributed by atoms with Gasteiger partial charge in [-0.15, -0.1) is 0 Å². The molecule has 11 nitrogen and oxygen atoms in total. The molecule has 7 heterocycles. The summed E-state index contributed by atoms with van der Waals surface area (Å²) >= 11 is 0. The van der Waals surface area contributed by atoms with Crippen LogP contribution in [0.2, 0.25) is 0 Å². The van der Waals surface area contributed by atoms with Crippen LogP contribution in [0.4, 0.5) is 26.2 Å². The van der Waals surface area contributed by atoms with Gasteiger partial charge in [0.25, 0.3) is 6.43 Å². The van der Waals surface area contributed by atoms with Gasteiger partial charge in [-0.3, -0.25) is 14.2 Å². The number of carbonyl (C=O) groups is 1. The Balaban J connectivity index is 0.898. The predicted molar refractivity (Wildman–Crippen MR) is 195 cm³/mol. The monoisotopic (exact) mass is 710 g/mol. The number of piperidine rings is 1. The van der Waals surface area contributed by atoms with Gasteiger partial charge in [0.2, 0.25) is 5.95 Å². The van der Waals surface area contributed by atoms with Gasteiger partial charge in [0.1, 0.15) is 0 Å². The van der Waals surface area contributed by atoms with Crippen LogP contribution in [-0.4, -0.2) is 98.0 Å². The largest absolute Gasteiger partial charge is 0.340 e. The zero-order valence-electron chi connectivity index (χ0n) is 30.2. The lowest BCUT2D eigenvalue weighted by Gasteiger charge is -2.54. The number of alkyl halides is 2. The van der Waals surface area contributed by atoms with Crippen LogP contribution >= 0.6 is 0 Å². The fraction of sp³-hybridized carbons (Fsp3) is 0.564. The van der Waals surface area contributed by atoms with Crippen molar-refractivity contribution in [3.8, 4) is 11.1 Å². The molecule has 0 amide bonds. The molecule has 4 aromatic rings. The Morgan fingerprint density at radius 2 is 1.69 bits per heavy atom. The Labute approximate surface area is 303 Å². The number of anilines is 3. The van der Waals surface area contributed by atoms with Crippen LogP contribution in [0.25, 0.3) is 11.1 Å². The predicted octanol–water partition coefficient (Wildman–Crippen LogP) is 5.98. The first-order valence-corrected chi connectivity index (χ1v) is 19.0. The van der Waals surface area contributed by atoms with Gasteiger partial charge in [-0.05, 0) is 81.7 Å². The number of rotatable bonds is 7. The van der Waals surface area contributed by atoms with Crippen LogP contribution in [0.3, 0.4) is 0 Å². The van der Waals surface area contributed by atoms with Crippen molar-refractivity contribution in [2.75, 3.05) is 56.1 Å². The number of benzene rings is 1. The highest BCUT2D eigenvalue weighted by Crippen LogP contribution is 2.47. The molecule has 0 N–H and O–H groups in total. The molecule has 13 heteroatoms. The Morgan fingerprint density at radius 3 is 2.38 bits per heavy atom. The lowest BCUT2D eigenvalue weighted by atomic mass is 9.67. The molecule has 3 aromatic heterocycles. The molecular weight excluding hydrogens is 662 g/mol. The molecule has 9 rings (SSSR count). The minimum atomic E-state index is -2.59. The van der Waals surface area contributed by atoms with E-state index in [0.29, 0.717) is 28.6 Å². The highest BCUT2D eigenvalue weighted by Gasteiger charge is 2.47. The normalized spacial score (nSPS) is 21.4. The van der Waals surface area contributed by atoms with E-state index >= 15 is 0 Å². The average molecular weight is 711 g/mol. The van der Waals surface area contributed by atoms with E-state index in [1.165, 1.54) is 36.9 Å². The molecule has 52 heavy (non-hydrogen) atoms. The van der Waals surface area contributed by atoms with Gasteiger partial charge in [0, 0.05) is 117 Å². The molecule has 4 aliphatic heterocycles. The Kier molecular flexibility index (Phi) is 8.60. The van der Waals surface area contributed by atoms with E-state index in [1.54, 1.807) is 29.3 Å². The minimum Gasteiger partial charge on any atom is -0.340 e. The first-order chi connectivity index (χ1) is 25.3. The van der Waals surface area contributed by atoms with Gasteiger partial charge >= 0.3 is 0 Å². The van der Waals surface area contributed by atoms with Gasteiger partial charge in [-0.1, -0.05) is 0 Å². The standard InChI is InChI=1S/C39H48F2N10O/c1-46-13-9-34-33(22-46)37(50-12-3-4-27-16-31(28-20-44-47(2)21-28)32(36(40)41)17-35(27)50)45-51(34)30-7-14-48(15-8-30)29-5-10-39(11-6-29)24-49(25-39)38-42-18-26(23-52)19-43-38/h16-21,23,29-30,36H,3-15,22,24-25H2,1-2H3. The molecule has 1 aliphatic carbocycles. The van der Waals surface area contributed by atoms with E-state index in [1.807, 2.05) is 19.3 Å². The van der Waals surface area contributed by atoms with Crippen molar-refractivity contribution >= 4 is 23.7 Å². The van der Waals surface area contributed by atoms with Crippen molar-refractivity contribution in [3.05, 3.63) is 64.9 Å². The summed E-state index contributed by atoms with van der Waals surface area (Å²) in [6.07, 6.45) is 14.7. The maximum absolute atomic E-state index is 14.6. The molecular formula is C39H48F2N10O. The molecule has 0 unspecified atom stereocenters. The van der Waals surface area contributed by atoms with Crippen LogP contribution in [-0.2, 0) is 26.4 Å². The number of fused-ring (bicyclic) bond motifs is 2. The summed E-state index contributed by atoms with van der Waals surface area (Å²) in [5, 5.41) is 9.67. The van der Waals surface area contributed by atoms with E-state index in [-0.39, 0.29) is 5.56 Å². The third-order valence-electron chi connectivity index (χ3n) is 12.6. The van der Waals surface area contributed by atoms with Gasteiger partial charge < -0.3 is 19.6 Å². The van der Waals surface area contributed by atoms with E-state index in [2.05, 4.69) is 46.4 Å². The Hall–Kier alpha value is -4.23. The summed E-state index contributed by atoms with van der Waals surface area (Å²) in [4.78, 5) is 29.3. The highest BCUT2D eigenvalue weighted by molar-refractivity contribution is 5.77. The number of hydrogen-bond donors (Lipinski definition) is 0. The maximum Gasteiger partial charge on any atom is 0.264 e. The number of aromatic nitrogens is 6. The quantitative estimate of drug-likeness (QED) is 0.215. The van der Waals surface area contributed by atoms with E-state index < -0.39 is 6.43 Å². The number of aldehydes is 1. The van der Waals surface area contributed by atoms with Crippen LogP contribution < -0.4 is 9.80 Å². The second kappa shape index (κ2) is 13.3. The number of hydrogen-bond acceptors (Lipinski definition) is 9. The topological polar surface area (TPSA) is 91.5 Å². The van der Waals surface area contributed by atoms with Crippen molar-refractivity contribution in [2.45, 2.75) is 82.8 Å². The van der Waals surface area contributed by atoms with Crippen molar-refractivity contribution in [1.82, 2.24) is 39.3 Å². The number of halogens is 2. The summed E-state index contributed by atoms with van der Waals surface area (Å²) in [5.74, 6) is 1.69. The first kappa shape index (κ1) is 33.6. The molecule has 1 spiro atoms. The molecule has 1 saturated carbocycles. The molecule has 1 aromatic carbocycles. The lowest BCUT2D eigenvalue weighted by Crippen LogP contribution is -2.59. The summed E-state index contributed by atoms with van der Waals surface area (Å²) in [6, 6.07) is 4.68. The van der Waals surface area contributed by atoms with Crippen LogP contribution in [0.1, 0.15) is 90.2 Å². The van der Waals surface area contributed by atoms with Crippen LogP contribution in [0.15, 0.2) is 36.9 Å². The highest BCUT2D eigenvalue weighted by atomic mass is 19.3. The van der Waals surface area contributed by atoms with Gasteiger partial charge in [0.15, 0.2) is 12.1 Å². The number of likely N-dealkylation sites (N-methyl/N-ethyl adjacent to an activating group) is 1. The molecule has 0 radical (unpaired) electrons. The lowest BCUT2D eigenvalue weighted by molar-refractivity contribution is 0.0478. The number of likely N-dealkylation sites (tertiary alicyclic amines) is 1. The second-order valence-electron chi connectivity index (χ2n) is 16.0. The van der Waals surface area contributed by atoms with Crippen LogP contribution in [0.5, 0.6) is 0 Å². The zero-order chi connectivity index (χ0) is 35.6. The first-order valence-electron chi connectivity index (χ1n) is 19.0. The third-order valence-corrected chi connectivity index (χ3v) is 12.6. The smallest absolute Gasteiger partial charge is 0.264 e. The van der Waals surface area contributed by atoms with Crippen molar-refractivity contribution in [3.63, 3.8) is 0 Å². The number of carbonyl (C=O) groups excluding carboxylic acids is 1. The Morgan fingerprint density at radius 1 is 0.923 bits per heavy atom. The Bertz CT molecular complexity index is 1930. The fourth-order valence-electron chi connectivity index (χ4n) is 9.79. The molecule has 5 aliphatic rings. The van der Waals surface area contributed by atoms with Crippen molar-refractivity contribution < 1.29 is 13.6 Å². The number of aryl methyl sites for hydroxylation is 2. The van der Waals surface area contributed by atoms with Gasteiger partial charge in [0.05, 0.1) is 17.8 Å². The van der Waals surface area contributed by atoms with E-state index in [4.69, 9.17) is 5.10 Å². The average Bonchev–Trinajstić information content (AvgIpc) is 3.76. The summed E-state index contributed by atoms with van der Waals surface area (Å²) in [5.41, 5.74) is 6.79. The summed E-state index contributed by atoms with van der Waals surface area (Å²) in [6.45, 7) is 6.75. The van der Waals surface area contributed by atoms with Gasteiger partial charge in [-0.2, -0.15) is 10.2 Å². The second-order valence-corrected chi connectivity index (χ2v) is 16.0. The fourth-order valence-corrected chi connectivity index (χ4v) is 9.79. The molecule has 274 valence electrons. The molecule has 2 saturated heterocycles. The van der Waals surface area contributed by atoms with E-state index in [9.17, 15) is 13.6 Å². The molecule has 0 bridgehead atoms. The van der Waals surface area contributed by atoms with Gasteiger partial charge in [-0.25, -0.2) is 18.7 Å². The minimum absolute atomic E-state index is 0.0547. The SMILES string of the molecule is CN1CCc2c(c(N3CCCc4cc(-c5cnn(C)c5)c(C(F)F)cc43)nn2C2CCN(C3CCC4(CC3)CN(c3ncc(C=O)cn3)C4)CC2)C1. The zero-order valence-corrected chi connectivity index (χ0v) is 30.2. The maximum atomic E-state index is 14.6. The summed E-state index contributed by atoms with van der Waals surface area (Å²) < 4.78 is 33.3. The molecule has 0 atom stereocenters. The molecule has 3 fully saturated rings. The number of nitrogens with zero attached hydrogens (tertiary/aromatic N) is 10. The van der Waals surface area contributed by atoms with E-state index in [0.717, 1.165) is 113 Å². The summed E-state index contributed by atoms with van der Waals surface area (Å²) in [7, 11) is 3.98. The van der Waals surface area contributed by atoms with Crippen molar-refractivity contribution in [2.24, 2.45) is 12.5 Å². The van der Waals surface area contributed by atoms with Crippen molar-refractivity contribution in [1.29, 1.82) is 0 Å². The van der Waals surface area contributed by atoms with Crippen LogP contribution in [0, 0.1) is 5.41 Å². The third kappa shape index (κ3) is 5.99.